The zero-order valence-electron chi connectivity index (χ0n) is 14.4. The number of carbonyl (C=O) groups excluding carboxylic acids is 1. The number of benzene rings is 2. The van der Waals surface area contributed by atoms with Gasteiger partial charge >= 0.3 is 0 Å². The molecule has 0 spiro atoms. The van der Waals surface area contributed by atoms with Crippen LogP contribution in [0.2, 0.25) is 0 Å². The highest BCUT2D eigenvalue weighted by atomic mass is 32.2. The third-order valence-electron chi connectivity index (χ3n) is 4.80. The van der Waals surface area contributed by atoms with Crippen LogP contribution in [-0.4, -0.2) is 37.6 Å². The summed E-state index contributed by atoms with van der Waals surface area (Å²) in [5, 5.41) is 2.79. The average Bonchev–Trinajstić information content (AvgIpc) is 2.95. The first-order valence-corrected chi connectivity index (χ1v) is 10.2. The van der Waals surface area contributed by atoms with Crippen molar-refractivity contribution in [3.05, 3.63) is 59.9 Å². The minimum absolute atomic E-state index is 0.170. The second-order valence-electron chi connectivity index (χ2n) is 6.59. The van der Waals surface area contributed by atoms with E-state index in [2.05, 4.69) is 9.71 Å². The van der Waals surface area contributed by atoms with E-state index in [0.717, 1.165) is 12.8 Å². The normalized spacial score (nSPS) is 20.7. The van der Waals surface area contributed by atoms with Gasteiger partial charge in [-0.05, 0) is 55.7 Å². The first-order valence-electron chi connectivity index (χ1n) is 8.73. The maximum atomic E-state index is 13.1. The molecule has 4 rings (SSSR count). The van der Waals surface area contributed by atoms with Crippen LogP contribution in [-0.2, 0) is 14.8 Å². The van der Waals surface area contributed by atoms with E-state index in [1.54, 1.807) is 23.1 Å². The van der Waals surface area contributed by atoms with Crippen molar-refractivity contribution in [1.82, 2.24) is 4.90 Å². The van der Waals surface area contributed by atoms with Gasteiger partial charge < -0.3 is 10.2 Å². The maximum Gasteiger partial charge on any atom is 0.285 e. The average molecular weight is 387 g/mol. The third kappa shape index (κ3) is 3.32. The zero-order chi connectivity index (χ0) is 19.0. The summed E-state index contributed by atoms with van der Waals surface area (Å²) in [6.07, 6.45) is 2.30. The largest absolute Gasteiger partial charge is 0.343 e. The molecule has 1 fully saturated rings. The van der Waals surface area contributed by atoms with Gasteiger partial charge in [0.2, 0.25) is 5.91 Å². The van der Waals surface area contributed by atoms with Crippen molar-refractivity contribution in [2.75, 3.05) is 11.9 Å². The molecule has 1 N–H and O–H groups in total. The van der Waals surface area contributed by atoms with Crippen molar-refractivity contribution in [3.63, 3.8) is 0 Å². The van der Waals surface area contributed by atoms with Gasteiger partial charge in [-0.3, -0.25) is 4.79 Å². The van der Waals surface area contributed by atoms with Crippen LogP contribution in [0.4, 0.5) is 10.1 Å². The molecule has 2 aliphatic rings. The molecule has 27 heavy (non-hydrogen) atoms. The van der Waals surface area contributed by atoms with Gasteiger partial charge in [-0.1, -0.05) is 12.1 Å². The number of carbonyl (C=O) groups is 1. The molecular formula is C19H18FN3O3S. The van der Waals surface area contributed by atoms with Gasteiger partial charge in [0, 0.05) is 17.8 Å². The Kier molecular flexibility index (Phi) is 4.43. The molecule has 0 radical (unpaired) electrons. The molecule has 2 aromatic rings. The highest BCUT2D eigenvalue weighted by Gasteiger charge is 2.37. The third-order valence-corrected chi connectivity index (χ3v) is 6.13. The number of amides is 1. The zero-order valence-corrected chi connectivity index (χ0v) is 15.2. The Labute approximate surface area is 156 Å². The van der Waals surface area contributed by atoms with Crippen molar-refractivity contribution in [3.8, 4) is 0 Å². The van der Waals surface area contributed by atoms with Gasteiger partial charge in [0.25, 0.3) is 10.0 Å². The number of halogens is 1. The maximum absolute atomic E-state index is 13.1. The van der Waals surface area contributed by atoms with Gasteiger partial charge in [0.15, 0.2) is 5.84 Å². The molecule has 0 bridgehead atoms. The molecule has 1 atom stereocenters. The van der Waals surface area contributed by atoms with Gasteiger partial charge in [-0.2, -0.15) is 8.42 Å². The Morgan fingerprint density at radius 2 is 1.85 bits per heavy atom. The quantitative estimate of drug-likeness (QED) is 0.859. The minimum Gasteiger partial charge on any atom is -0.343 e. The van der Waals surface area contributed by atoms with Crippen molar-refractivity contribution in [2.45, 2.75) is 30.2 Å². The molecule has 140 valence electrons. The van der Waals surface area contributed by atoms with Crippen LogP contribution in [0.25, 0.3) is 0 Å². The number of rotatable bonds is 2. The fraction of sp³-hybridized carbons (Fsp3) is 0.263. The van der Waals surface area contributed by atoms with E-state index >= 15 is 0 Å². The molecule has 0 aromatic heterocycles. The highest BCUT2D eigenvalue weighted by Crippen LogP contribution is 2.31. The summed E-state index contributed by atoms with van der Waals surface area (Å²) < 4.78 is 41.7. The summed E-state index contributed by atoms with van der Waals surface area (Å²) in [4.78, 5) is 14.8. The highest BCUT2D eigenvalue weighted by molar-refractivity contribution is 7.90. The number of nitrogens with zero attached hydrogens (tertiary/aromatic N) is 2. The smallest absolute Gasteiger partial charge is 0.285 e. The Morgan fingerprint density at radius 3 is 2.63 bits per heavy atom. The molecule has 0 unspecified atom stereocenters. The number of piperidine rings is 1. The predicted molar refractivity (Wildman–Crippen MR) is 99.5 cm³/mol. The van der Waals surface area contributed by atoms with Crippen LogP contribution in [0.1, 0.15) is 24.8 Å². The Balaban J connectivity index is 1.64. The summed E-state index contributed by atoms with van der Waals surface area (Å²) in [6, 6.07) is 11.7. The molecule has 2 aromatic carbocycles. The van der Waals surface area contributed by atoms with Crippen LogP contribution in [0, 0.1) is 5.82 Å². The number of hydrogen-bond acceptors (Lipinski definition) is 4. The number of fused-ring (bicyclic) bond motifs is 1. The fourth-order valence-electron chi connectivity index (χ4n) is 3.51. The second-order valence-corrected chi connectivity index (χ2v) is 8.16. The number of nitrogens with one attached hydrogen (secondary N) is 1. The van der Waals surface area contributed by atoms with Crippen LogP contribution in [0.15, 0.2) is 57.8 Å². The lowest BCUT2D eigenvalue weighted by Gasteiger charge is -2.36. The summed E-state index contributed by atoms with van der Waals surface area (Å²) in [7, 11) is -3.74. The topological polar surface area (TPSA) is 78.8 Å². The molecule has 1 saturated heterocycles. The number of likely N-dealkylation sites (tertiary alicyclic amines) is 1. The van der Waals surface area contributed by atoms with Gasteiger partial charge in [-0.15, -0.1) is 4.40 Å². The Hall–Kier alpha value is -2.74. The second kappa shape index (κ2) is 6.77. The van der Waals surface area contributed by atoms with E-state index in [1.807, 2.05) is 0 Å². The minimum atomic E-state index is -3.74. The lowest BCUT2D eigenvalue weighted by molar-refractivity contribution is -0.120. The lowest BCUT2D eigenvalue weighted by Crippen LogP contribution is -2.50. The van der Waals surface area contributed by atoms with E-state index in [0.29, 0.717) is 30.1 Å². The number of hydrogen-bond donors (Lipinski definition) is 1. The fourth-order valence-corrected chi connectivity index (χ4v) is 4.73. The Morgan fingerprint density at radius 1 is 1.11 bits per heavy atom. The van der Waals surface area contributed by atoms with Crippen molar-refractivity contribution in [2.24, 2.45) is 4.40 Å². The number of amidine groups is 1. The molecule has 2 aliphatic heterocycles. The number of anilines is 1. The first kappa shape index (κ1) is 17.7. The predicted octanol–water partition coefficient (Wildman–Crippen LogP) is 2.77. The standard InChI is InChI=1S/C19H18FN3O3S/c20-13-8-10-14(11-9-13)21-19(24)16-6-3-4-12-23(16)18-15-5-1-2-7-17(15)27(25,26)22-18/h1-2,5,7-11,16H,3-4,6,12H2,(H,21,24)/t16-/m1/s1. The summed E-state index contributed by atoms with van der Waals surface area (Å²) in [5.74, 6) is -0.315. The molecule has 2 heterocycles. The van der Waals surface area contributed by atoms with Crippen LogP contribution in [0.5, 0.6) is 0 Å². The lowest BCUT2D eigenvalue weighted by atomic mass is 9.99. The molecule has 8 heteroatoms. The van der Waals surface area contributed by atoms with E-state index in [-0.39, 0.29) is 16.6 Å². The van der Waals surface area contributed by atoms with Crippen molar-refractivity contribution >= 4 is 27.5 Å². The van der Waals surface area contributed by atoms with E-state index in [9.17, 15) is 17.6 Å². The monoisotopic (exact) mass is 387 g/mol. The van der Waals surface area contributed by atoms with Crippen LogP contribution < -0.4 is 5.32 Å². The van der Waals surface area contributed by atoms with E-state index < -0.39 is 16.1 Å². The van der Waals surface area contributed by atoms with Gasteiger partial charge in [-0.25, -0.2) is 4.39 Å². The van der Waals surface area contributed by atoms with E-state index in [1.165, 1.54) is 30.3 Å². The molecule has 0 aliphatic carbocycles. The number of sulfonamides is 1. The van der Waals surface area contributed by atoms with Crippen LogP contribution in [0.3, 0.4) is 0 Å². The van der Waals surface area contributed by atoms with Crippen LogP contribution >= 0.6 is 0 Å². The van der Waals surface area contributed by atoms with Crippen molar-refractivity contribution < 1.29 is 17.6 Å². The molecule has 1 amide bonds. The summed E-state index contributed by atoms with van der Waals surface area (Å²) in [5.41, 5.74) is 1.02. The van der Waals surface area contributed by atoms with Gasteiger partial charge in [0.05, 0.1) is 0 Å². The Bertz CT molecular complexity index is 1020. The molecule has 0 saturated carbocycles. The molecule has 6 nitrogen and oxygen atoms in total. The summed E-state index contributed by atoms with van der Waals surface area (Å²) >= 11 is 0. The van der Waals surface area contributed by atoms with Gasteiger partial charge in [0.1, 0.15) is 16.8 Å². The van der Waals surface area contributed by atoms with Crippen molar-refractivity contribution in [1.29, 1.82) is 0 Å². The molecular weight excluding hydrogens is 369 g/mol. The SMILES string of the molecule is O=C(Nc1ccc(F)cc1)[C@H]1CCCCN1C1=NS(=O)(=O)c2ccccc21. The van der Waals surface area contributed by atoms with E-state index in [4.69, 9.17) is 0 Å². The summed E-state index contributed by atoms with van der Waals surface area (Å²) in [6.45, 7) is 0.546. The first-order chi connectivity index (χ1) is 13.0.